The second-order valence-electron chi connectivity index (χ2n) is 9.39. The standard InChI is InChI=1S/C26H30N4O2S/c1-16(31)32-14-19-15-33-25(29-19)24-22(27)20-12-18(17-8-4-3-5-9-17)13-21(23(20)30(24)28)26(2)10-6-7-11-26/h3-5,8-9,12-13,19H,6-7,10-11,14-15,27-28H2,1-2H3. The van der Waals surface area contributed by atoms with Crippen LogP contribution in [0.25, 0.3) is 22.0 Å². The Labute approximate surface area is 198 Å². The van der Waals surface area contributed by atoms with Gasteiger partial charge in [0, 0.05) is 18.1 Å². The highest BCUT2D eigenvalue weighted by Crippen LogP contribution is 2.47. The molecule has 7 heteroatoms. The third-order valence-corrected chi connectivity index (χ3v) is 8.12. The Bertz CT molecular complexity index is 1240. The summed E-state index contributed by atoms with van der Waals surface area (Å²) >= 11 is 1.61. The van der Waals surface area contributed by atoms with Crippen molar-refractivity contribution in [1.29, 1.82) is 0 Å². The molecule has 1 atom stereocenters. The van der Waals surface area contributed by atoms with Crippen molar-refractivity contribution in [1.82, 2.24) is 4.68 Å². The molecule has 1 aromatic heterocycles. The number of anilines is 1. The number of benzene rings is 2. The van der Waals surface area contributed by atoms with Crippen LogP contribution in [0.1, 0.15) is 50.8 Å². The van der Waals surface area contributed by atoms with Gasteiger partial charge in [0.05, 0.1) is 17.2 Å². The Balaban J connectivity index is 1.68. The molecule has 0 amide bonds. The highest BCUT2D eigenvalue weighted by atomic mass is 32.2. The molecule has 2 aliphatic rings. The summed E-state index contributed by atoms with van der Waals surface area (Å²) in [4.78, 5) is 16.0. The first-order chi connectivity index (χ1) is 15.9. The molecular weight excluding hydrogens is 432 g/mol. The van der Waals surface area contributed by atoms with Gasteiger partial charge in [0.1, 0.15) is 17.3 Å². The van der Waals surface area contributed by atoms with Crippen LogP contribution in [0.4, 0.5) is 5.69 Å². The molecule has 1 unspecified atom stereocenters. The molecule has 2 aromatic carbocycles. The molecule has 172 valence electrons. The zero-order valence-corrected chi connectivity index (χ0v) is 20.0. The molecular formula is C26H30N4O2S. The molecule has 4 N–H and O–H groups in total. The summed E-state index contributed by atoms with van der Waals surface area (Å²) in [6.45, 7) is 4.04. The lowest BCUT2D eigenvalue weighted by atomic mass is 9.79. The van der Waals surface area contributed by atoms with Gasteiger partial charge in [0.2, 0.25) is 0 Å². The molecule has 6 nitrogen and oxygen atoms in total. The van der Waals surface area contributed by atoms with Crippen molar-refractivity contribution >= 4 is 39.4 Å². The summed E-state index contributed by atoms with van der Waals surface area (Å²) < 4.78 is 6.91. The van der Waals surface area contributed by atoms with Crippen molar-refractivity contribution in [3.8, 4) is 11.1 Å². The number of nitrogen functional groups attached to an aromatic ring is 2. The summed E-state index contributed by atoms with van der Waals surface area (Å²) in [5, 5.41) is 1.79. The first kappa shape index (κ1) is 21.9. The van der Waals surface area contributed by atoms with E-state index in [0.29, 0.717) is 5.69 Å². The number of carbonyl (C=O) groups excluding carboxylic acids is 1. The van der Waals surface area contributed by atoms with Gasteiger partial charge in [-0.3, -0.25) is 14.5 Å². The van der Waals surface area contributed by atoms with Gasteiger partial charge in [-0.2, -0.15) is 0 Å². The third kappa shape index (κ3) is 3.88. The van der Waals surface area contributed by atoms with Gasteiger partial charge < -0.3 is 16.3 Å². The van der Waals surface area contributed by atoms with Gasteiger partial charge in [-0.1, -0.05) is 50.1 Å². The van der Waals surface area contributed by atoms with E-state index in [2.05, 4.69) is 43.3 Å². The number of rotatable bonds is 5. The zero-order chi connectivity index (χ0) is 23.2. The van der Waals surface area contributed by atoms with Crippen LogP contribution < -0.4 is 11.6 Å². The number of nitrogens with two attached hydrogens (primary N) is 2. The smallest absolute Gasteiger partial charge is 0.302 e. The number of thioether (sulfide) groups is 1. The van der Waals surface area contributed by atoms with Crippen LogP contribution in [-0.4, -0.2) is 34.1 Å². The SMILES string of the molecule is CC(=O)OCC1CSC(c2c(N)c3cc(-c4ccccc4)cc(C4(C)CCCC4)c3n2N)=N1. The quantitative estimate of drug-likeness (QED) is 0.417. The second kappa shape index (κ2) is 8.45. The molecule has 1 aliphatic carbocycles. The summed E-state index contributed by atoms with van der Waals surface area (Å²) in [6.07, 6.45) is 4.73. The first-order valence-electron chi connectivity index (χ1n) is 11.5. The highest BCUT2D eigenvalue weighted by molar-refractivity contribution is 8.14. The minimum Gasteiger partial charge on any atom is -0.464 e. The lowest BCUT2D eigenvalue weighted by Crippen LogP contribution is -2.22. The molecule has 0 spiro atoms. The average Bonchev–Trinajstić information content (AvgIpc) is 3.52. The van der Waals surface area contributed by atoms with E-state index in [4.69, 9.17) is 21.3 Å². The number of hydrogen-bond donors (Lipinski definition) is 2. The average molecular weight is 463 g/mol. The molecule has 33 heavy (non-hydrogen) atoms. The number of aliphatic imine (C=N–C) groups is 1. The van der Waals surface area contributed by atoms with Crippen molar-refractivity contribution in [2.45, 2.75) is 51.0 Å². The summed E-state index contributed by atoms with van der Waals surface area (Å²) in [6, 6.07) is 14.8. The lowest BCUT2D eigenvalue weighted by Gasteiger charge is -2.26. The fourth-order valence-corrected chi connectivity index (χ4v) is 6.30. The minimum atomic E-state index is -0.293. The maximum Gasteiger partial charge on any atom is 0.302 e. The third-order valence-electron chi connectivity index (χ3n) is 7.00. The number of esters is 1. The van der Waals surface area contributed by atoms with Crippen molar-refractivity contribution in [2.24, 2.45) is 4.99 Å². The first-order valence-corrected chi connectivity index (χ1v) is 12.5. The van der Waals surface area contributed by atoms with E-state index in [-0.39, 0.29) is 24.0 Å². The molecule has 0 bridgehead atoms. The number of aromatic nitrogens is 1. The molecule has 3 aromatic rings. The van der Waals surface area contributed by atoms with Gasteiger partial charge in [-0.05, 0) is 47.1 Å². The number of carbonyl (C=O) groups is 1. The van der Waals surface area contributed by atoms with E-state index in [1.54, 1.807) is 16.4 Å². The van der Waals surface area contributed by atoms with Crippen LogP contribution in [0.3, 0.4) is 0 Å². The predicted octanol–water partition coefficient (Wildman–Crippen LogP) is 4.86. The van der Waals surface area contributed by atoms with Crippen molar-refractivity contribution in [3.63, 3.8) is 0 Å². The zero-order valence-electron chi connectivity index (χ0n) is 19.1. The Kier molecular flexibility index (Phi) is 5.60. The summed E-state index contributed by atoms with van der Waals surface area (Å²) in [7, 11) is 0. The molecule has 1 aliphatic heterocycles. The Hall–Kier alpha value is -2.93. The van der Waals surface area contributed by atoms with Crippen LogP contribution in [-0.2, 0) is 14.9 Å². The molecule has 0 saturated heterocycles. The van der Waals surface area contributed by atoms with Crippen molar-refractivity contribution in [2.75, 3.05) is 23.9 Å². The van der Waals surface area contributed by atoms with Crippen LogP contribution in [0, 0.1) is 0 Å². The maximum atomic E-state index is 11.2. The highest BCUT2D eigenvalue weighted by Gasteiger charge is 2.35. The lowest BCUT2D eigenvalue weighted by molar-refractivity contribution is -0.141. The number of ether oxygens (including phenoxy) is 1. The van der Waals surface area contributed by atoms with E-state index < -0.39 is 0 Å². The van der Waals surface area contributed by atoms with Gasteiger partial charge in [0.25, 0.3) is 0 Å². The van der Waals surface area contributed by atoms with Gasteiger partial charge in [0.15, 0.2) is 0 Å². The van der Waals surface area contributed by atoms with E-state index in [1.165, 1.54) is 30.9 Å². The van der Waals surface area contributed by atoms with Crippen molar-refractivity contribution < 1.29 is 9.53 Å². The summed E-state index contributed by atoms with van der Waals surface area (Å²) in [5.41, 5.74) is 12.8. The predicted molar refractivity (Wildman–Crippen MR) is 137 cm³/mol. The fraction of sp³-hybridized carbons (Fsp3) is 0.385. The maximum absolute atomic E-state index is 11.2. The Morgan fingerprint density at radius 1 is 1.21 bits per heavy atom. The van der Waals surface area contributed by atoms with E-state index in [1.807, 2.05) is 6.07 Å². The molecule has 0 radical (unpaired) electrons. The van der Waals surface area contributed by atoms with E-state index in [9.17, 15) is 4.79 Å². The monoisotopic (exact) mass is 462 g/mol. The van der Waals surface area contributed by atoms with Crippen LogP contribution >= 0.6 is 11.8 Å². The van der Waals surface area contributed by atoms with E-state index in [0.717, 1.165) is 45.8 Å². The molecule has 2 heterocycles. The Morgan fingerprint density at radius 3 is 2.64 bits per heavy atom. The Morgan fingerprint density at radius 2 is 1.94 bits per heavy atom. The van der Waals surface area contributed by atoms with Crippen LogP contribution in [0.2, 0.25) is 0 Å². The molecule has 1 saturated carbocycles. The second-order valence-corrected chi connectivity index (χ2v) is 10.4. The number of fused-ring (bicyclic) bond motifs is 1. The summed E-state index contributed by atoms with van der Waals surface area (Å²) in [5.74, 6) is 7.21. The fourth-order valence-electron chi connectivity index (χ4n) is 5.21. The van der Waals surface area contributed by atoms with Crippen LogP contribution in [0.5, 0.6) is 0 Å². The van der Waals surface area contributed by atoms with Gasteiger partial charge in [-0.25, -0.2) is 0 Å². The van der Waals surface area contributed by atoms with Gasteiger partial charge >= 0.3 is 5.97 Å². The van der Waals surface area contributed by atoms with Crippen LogP contribution in [0.15, 0.2) is 47.5 Å². The largest absolute Gasteiger partial charge is 0.464 e. The topological polar surface area (TPSA) is 95.6 Å². The van der Waals surface area contributed by atoms with E-state index >= 15 is 0 Å². The molecule has 5 rings (SSSR count). The number of hydrogen-bond acceptors (Lipinski definition) is 6. The molecule has 1 fully saturated rings. The van der Waals surface area contributed by atoms with Gasteiger partial charge in [-0.15, -0.1) is 11.8 Å². The normalized spacial score (nSPS) is 19.7. The minimum absolute atomic E-state index is 0.0602. The number of nitrogens with zero attached hydrogens (tertiary/aromatic N) is 2. The van der Waals surface area contributed by atoms with Crippen molar-refractivity contribution in [3.05, 3.63) is 53.7 Å².